The van der Waals surface area contributed by atoms with E-state index in [-0.39, 0.29) is 0 Å². The maximum atomic E-state index is 5.24. The Bertz CT molecular complexity index is 501. The summed E-state index contributed by atoms with van der Waals surface area (Å²) in [5.41, 5.74) is 2.24. The van der Waals surface area contributed by atoms with Gasteiger partial charge in [-0.1, -0.05) is 19.1 Å². The van der Waals surface area contributed by atoms with Gasteiger partial charge in [-0.05, 0) is 18.7 Å². The van der Waals surface area contributed by atoms with Gasteiger partial charge >= 0.3 is 0 Å². The van der Waals surface area contributed by atoms with Crippen molar-refractivity contribution in [1.82, 2.24) is 14.9 Å². The molecule has 0 amide bonds. The molecule has 0 radical (unpaired) electrons. The van der Waals surface area contributed by atoms with Gasteiger partial charge in [-0.25, -0.2) is 4.98 Å². The zero-order valence-corrected chi connectivity index (χ0v) is 11.3. The molecule has 0 saturated carbocycles. The molecule has 0 aliphatic heterocycles. The van der Waals surface area contributed by atoms with Crippen molar-refractivity contribution in [3.63, 3.8) is 0 Å². The van der Waals surface area contributed by atoms with Gasteiger partial charge in [0.2, 0.25) is 0 Å². The van der Waals surface area contributed by atoms with Crippen LogP contribution >= 0.6 is 0 Å². The quantitative estimate of drug-likeness (QED) is 0.845. The number of imidazole rings is 1. The van der Waals surface area contributed by atoms with Crippen LogP contribution in [0.4, 0.5) is 0 Å². The van der Waals surface area contributed by atoms with E-state index in [1.54, 1.807) is 7.11 Å². The van der Waals surface area contributed by atoms with Gasteiger partial charge in [0.1, 0.15) is 5.82 Å². The third-order valence-electron chi connectivity index (χ3n) is 3.17. The summed E-state index contributed by atoms with van der Waals surface area (Å²) in [4.78, 5) is 4.68. The van der Waals surface area contributed by atoms with Crippen molar-refractivity contribution in [1.29, 1.82) is 0 Å². The molecule has 98 valence electrons. The fraction of sp³-hybridized carbons (Fsp3) is 0.500. The summed E-state index contributed by atoms with van der Waals surface area (Å²) in [5, 5.41) is 3.43. The third kappa shape index (κ3) is 2.71. The molecule has 4 heteroatoms. The number of fused-ring (bicyclic) bond motifs is 1. The number of hydrogen-bond donors (Lipinski definition) is 1. The molecule has 0 saturated heterocycles. The van der Waals surface area contributed by atoms with Crippen LogP contribution in [0, 0.1) is 0 Å². The van der Waals surface area contributed by atoms with Crippen LogP contribution in [0.3, 0.4) is 0 Å². The van der Waals surface area contributed by atoms with Crippen molar-refractivity contribution in [3.05, 3.63) is 30.1 Å². The third-order valence-corrected chi connectivity index (χ3v) is 3.17. The number of para-hydroxylation sites is 2. The second kappa shape index (κ2) is 5.98. The Kier molecular flexibility index (Phi) is 4.33. The summed E-state index contributed by atoms with van der Waals surface area (Å²) in [7, 11) is 3.81. The van der Waals surface area contributed by atoms with E-state index in [1.807, 2.05) is 12.1 Å². The molecule has 1 N–H and O–H groups in total. The van der Waals surface area contributed by atoms with Crippen molar-refractivity contribution in [2.75, 3.05) is 20.3 Å². The smallest absolute Gasteiger partial charge is 0.111 e. The lowest BCUT2D eigenvalue weighted by molar-refractivity contribution is 0.166. The van der Waals surface area contributed by atoms with E-state index in [1.165, 1.54) is 5.52 Å². The standard InChI is InChI=1S/C14H21N3O/c1-4-15-11(10-18-3)9-14-16-12-7-5-6-8-13(12)17(14)2/h5-8,11,15H,4,9-10H2,1-3H3. The van der Waals surface area contributed by atoms with Crippen LogP contribution in [-0.2, 0) is 18.2 Å². The Morgan fingerprint density at radius 2 is 2.17 bits per heavy atom. The molecule has 0 fully saturated rings. The van der Waals surface area contributed by atoms with E-state index in [2.05, 4.69) is 41.0 Å². The fourth-order valence-electron chi connectivity index (χ4n) is 2.28. The molecule has 2 rings (SSSR count). The number of aromatic nitrogens is 2. The summed E-state index contributed by atoms with van der Waals surface area (Å²) in [5.74, 6) is 1.10. The van der Waals surface area contributed by atoms with Crippen molar-refractivity contribution >= 4 is 11.0 Å². The highest BCUT2D eigenvalue weighted by atomic mass is 16.5. The van der Waals surface area contributed by atoms with Crippen LogP contribution in [0.1, 0.15) is 12.7 Å². The highest BCUT2D eigenvalue weighted by molar-refractivity contribution is 5.75. The number of nitrogens with zero attached hydrogens (tertiary/aromatic N) is 2. The van der Waals surface area contributed by atoms with Crippen molar-refractivity contribution in [3.8, 4) is 0 Å². The highest BCUT2D eigenvalue weighted by Gasteiger charge is 2.13. The van der Waals surface area contributed by atoms with Gasteiger partial charge in [-0.2, -0.15) is 0 Å². The van der Waals surface area contributed by atoms with E-state index in [0.717, 1.165) is 24.3 Å². The van der Waals surface area contributed by atoms with E-state index in [9.17, 15) is 0 Å². The first-order valence-electron chi connectivity index (χ1n) is 6.39. The van der Waals surface area contributed by atoms with Gasteiger partial charge in [-0.3, -0.25) is 0 Å². The van der Waals surface area contributed by atoms with Crippen LogP contribution in [0.2, 0.25) is 0 Å². The molecule has 1 heterocycles. The zero-order valence-electron chi connectivity index (χ0n) is 11.3. The SMILES string of the molecule is CCNC(COC)Cc1nc2ccccc2n1C. The van der Waals surface area contributed by atoms with Gasteiger partial charge < -0.3 is 14.6 Å². The summed E-state index contributed by atoms with van der Waals surface area (Å²) in [6, 6.07) is 8.54. The molecule has 18 heavy (non-hydrogen) atoms. The van der Waals surface area contributed by atoms with Crippen LogP contribution in [-0.4, -0.2) is 35.9 Å². The lowest BCUT2D eigenvalue weighted by atomic mass is 10.2. The second-order valence-electron chi connectivity index (χ2n) is 4.49. The molecular formula is C14H21N3O. The Morgan fingerprint density at radius 3 is 2.83 bits per heavy atom. The van der Waals surface area contributed by atoms with Crippen molar-refractivity contribution < 1.29 is 4.74 Å². The Labute approximate surface area is 108 Å². The Hall–Kier alpha value is -1.39. The monoisotopic (exact) mass is 247 g/mol. The number of nitrogens with one attached hydrogen (secondary N) is 1. The lowest BCUT2D eigenvalue weighted by Crippen LogP contribution is -2.35. The normalized spacial score (nSPS) is 13.1. The summed E-state index contributed by atoms with van der Waals surface area (Å²) >= 11 is 0. The number of rotatable bonds is 6. The maximum Gasteiger partial charge on any atom is 0.111 e. The number of benzene rings is 1. The molecule has 1 aromatic carbocycles. The van der Waals surface area contributed by atoms with Gasteiger partial charge in [-0.15, -0.1) is 0 Å². The number of ether oxygens (including phenoxy) is 1. The summed E-state index contributed by atoms with van der Waals surface area (Å²) in [6.07, 6.45) is 0.882. The minimum atomic E-state index is 0.315. The van der Waals surface area contributed by atoms with E-state index >= 15 is 0 Å². The van der Waals surface area contributed by atoms with E-state index < -0.39 is 0 Å². The molecule has 1 atom stereocenters. The number of methoxy groups -OCH3 is 1. The zero-order chi connectivity index (χ0) is 13.0. The number of likely N-dealkylation sites (N-methyl/N-ethyl adjacent to an activating group) is 1. The fourth-order valence-corrected chi connectivity index (χ4v) is 2.28. The first-order chi connectivity index (χ1) is 8.76. The van der Waals surface area contributed by atoms with Gasteiger partial charge in [0, 0.05) is 26.6 Å². The van der Waals surface area contributed by atoms with Crippen LogP contribution in [0.25, 0.3) is 11.0 Å². The van der Waals surface area contributed by atoms with Crippen LogP contribution < -0.4 is 5.32 Å². The predicted octanol–water partition coefficient (Wildman–Crippen LogP) is 1.74. The van der Waals surface area contributed by atoms with Gasteiger partial charge in [0.25, 0.3) is 0 Å². The first kappa shape index (κ1) is 13.1. The molecule has 1 unspecified atom stereocenters. The van der Waals surface area contributed by atoms with Gasteiger partial charge in [0.05, 0.1) is 17.6 Å². The largest absolute Gasteiger partial charge is 0.383 e. The maximum absolute atomic E-state index is 5.24. The van der Waals surface area contributed by atoms with Crippen molar-refractivity contribution in [2.24, 2.45) is 7.05 Å². The van der Waals surface area contributed by atoms with E-state index in [0.29, 0.717) is 12.6 Å². The predicted molar refractivity (Wildman–Crippen MR) is 73.8 cm³/mol. The number of hydrogen-bond acceptors (Lipinski definition) is 3. The van der Waals surface area contributed by atoms with Crippen LogP contribution in [0.15, 0.2) is 24.3 Å². The minimum Gasteiger partial charge on any atom is -0.383 e. The molecule has 2 aromatic rings. The minimum absolute atomic E-state index is 0.315. The molecular weight excluding hydrogens is 226 g/mol. The average Bonchev–Trinajstić information content (AvgIpc) is 2.68. The highest BCUT2D eigenvalue weighted by Crippen LogP contribution is 2.15. The molecule has 0 bridgehead atoms. The van der Waals surface area contributed by atoms with Gasteiger partial charge in [0.15, 0.2) is 0 Å². The topological polar surface area (TPSA) is 39.1 Å². The molecule has 4 nitrogen and oxygen atoms in total. The first-order valence-corrected chi connectivity index (χ1v) is 6.39. The van der Waals surface area contributed by atoms with E-state index in [4.69, 9.17) is 4.74 Å². The van der Waals surface area contributed by atoms with Crippen LogP contribution in [0.5, 0.6) is 0 Å². The van der Waals surface area contributed by atoms with Crippen molar-refractivity contribution in [2.45, 2.75) is 19.4 Å². The molecule has 0 spiro atoms. The molecule has 1 aromatic heterocycles. The average molecular weight is 247 g/mol. The Balaban J connectivity index is 2.22. The lowest BCUT2D eigenvalue weighted by Gasteiger charge is -2.16. The second-order valence-corrected chi connectivity index (χ2v) is 4.49. The molecule has 0 aliphatic rings. The Morgan fingerprint density at radius 1 is 1.39 bits per heavy atom. The molecule has 0 aliphatic carbocycles. The number of aryl methyl sites for hydroxylation is 1. The summed E-state index contributed by atoms with van der Waals surface area (Å²) in [6.45, 7) is 3.76. The summed E-state index contributed by atoms with van der Waals surface area (Å²) < 4.78 is 7.41.